The topological polar surface area (TPSA) is 63.3 Å². The summed E-state index contributed by atoms with van der Waals surface area (Å²) in [7, 11) is 0. The molecule has 1 atom stereocenters. The molecule has 3 nitrogen and oxygen atoms in total. The van der Waals surface area contributed by atoms with Crippen molar-refractivity contribution in [3.05, 3.63) is 0 Å². The molecule has 0 aromatic carbocycles. The molecule has 0 aliphatic rings. The van der Waals surface area contributed by atoms with Crippen LogP contribution < -0.4 is 5.73 Å². The number of thioether (sulfide) groups is 1. The highest BCUT2D eigenvalue weighted by atomic mass is 32.2. The molecule has 0 radical (unpaired) electrons. The summed E-state index contributed by atoms with van der Waals surface area (Å²) in [4.78, 5) is 9.38. The molecule has 0 bridgehead atoms. The number of hydrogen-bond donors (Lipinski definition) is 3. The van der Waals surface area contributed by atoms with Crippen molar-refractivity contribution in [1.82, 2.24) is 0 Å². The van der Waals surface area contributed by atoms with Crippen LogP contribution in [0.5, 0.6) is 0 Å². The van der Waals surface area contributed by atoms with Gasteiger partial charge in [0.2, 0.25) is 0 Å². The first kappa shape index (κ1) is 12.1. The zero-order valence-corrected chi connectivity index (χ0v) is 8.83. The van der Waals surface area contributed by atoms with Crippen molar-refractivity contribution < 1.29 is 9.90 Å². The van der Waals surface area contributed by atoms with Crippen molar-refractivity contribution in [2.45, 2.75) is 24.6 Å². The Morgan fingerprint density at radius 2 is 2.25 bits per heavy atom. The van der Waals surface area contributed by atoms with E-state index in [1.54, 1.807) is 0 Å². The van der Waals surface area contributed by atoms with Gasteiger partial charge in [-0.2, -0.15) is 12.6 Å². The smallest absolute Gasteiger partial charge is 0.333 e. The van der Waals surface area contributed by atoms with E-state index < -0.39 is 10.8 Å². The second-order valence-corrected chi connectivity index (χ2v) is 4.68. The van der Waals surface area contributed by atoms with Gasteiger partial charge in [-0.15, -0.1) is 11.8 Å². The van der Waals surface area contributed by atoms with E-state index in [2.05, 4.69) is 12.6 Å². The molecule has 72 valence electrons. The predicted molar refractivity (Wildman–Crippen MR) is 55.8 cm³/mol. The molecule has 0 aliphatic carbocycles. The van der Waals surface area contributed by atoms with E-state index in [0.29, 0.717) is 0 Å². The predicted octanol–water partition coefficient (Wildman–Crippen LogP) is 1.19. The lowest BCUT2D eigenvalue weighted by atomic mass is 10.4. The van der Waals surface area contributed by atoms with Crippen LogP contribution in [0.15, 0.2) is 0 Å². The Morgan fingerprint density at radius 3 is 2.67 bits per heavy atom. The fourth-order valence-electron chi connectivity index (χ4n) is 0.560. The van der Waals surface area contributed by atoms with Gasteiger partial charge in [-0.25, -0.2) is 4.79 Å². The molecule has 0 amide bonds. The van der Waals surface area contributed by atoms with Crippen molar-refractivity contribution in [1.29, 1.82) is 0 Å². The first-order valence-corrected chi connectivity index (χ1v) is 5.39. The standard InChI is InChI=1S/C7H15NO2S2/c1-7(8,6(9)10)12-5-3-2-4-11/h11H,2-5,8H2,1H3,(H,9,10). The lowest BCUT2D eigenvalue weighted by Crippen LogP contribution is -2.41. The Bertz CT molecular complexity index is 150. The lowest BCUT2D eigenvalue weighted by molar-refractivity contribution is -0.139. The SMILES string of the molecule is CC(N)(SCCCCS)C(=O)O. The van der Waals surface area contributed by atoms with Crippen LogP contribution in [0.25, 0.3) is 0 Å². The zero-order valence-electron chi connectivity index (χ0n) is 7.12. The second-order valence-electron chi connectivity index (χ2n) is 2.69. The number of carbonyl (C=O) groups is 1. The third-order valence-corrected chi connectivity index (χ3v) is 2.96. The Morgan fingerprint density at radius 1 is 1.67 bits per heavy atom. The Hall–Kier alpha value is 0.130. The van der Waals surface area contributed by atoms with Gasteiger partial charge < -0.3 is 10.8 Å². The van der Waals surface area contributed by atoms with E-state index in [0.717, 1.165) is 24.3 Å². The fraction of sp³-hybridized carbons (Fsp3) is 0.857. The normalized spacial score (nSPS) is 15.6. The van der Waals surface area contributed by atoms with Crippen LogP contribution in [0.3, 0.4) is 0 Å². The molecule has 0 fully saturated rings. The molecule has 0 saturated heterocycles. The molecule has 0 spiro atoms. The summed E-state index contributed by atoms with van der Waals surface area (Å²) in [5.74, 6) is 0.660. The lowest BCUT2D eigenvalue weighted by Gasteiger charge is -2.17. The van der Waals surface area contributed by atoms with Crippen LogP contribution in [0, 0.1) is 0 Å². The summed E-state index contributed by atoms with van der Waals surface area (Å²) in [6, 6.07) is 0. The third-order valence-electron chi connectivity index (χ3n) is 1.38. The van der Waals surface area contributed by atoms with E-state index in [1.807, 2.05) is 0 Å². The van der Waals surface area contributed by atoms with Crippen LogP contribution in [0.4, 0.5) is 0 Å². The highest BCUT2D eigenvalue weighted by Crippen LogP contribution is 2.20. The van der Waals surface area contributed by atoms with Gasteiger partial charge in [-0.1, -0.05) is 0 Å². The Kier molecular flexibility index (Phi) is 5.78. The van der Waals surface area contributed by atoms with Gasteiger partial charge >= 0.3 is 5.97 Å². The van der Waals surface area contributed by atoms with E-state index in [1.165, 1.54) is 18.7 Å². The zero-order chi connectivity index (χ0) is 9.61. The van der Waals surface area contributed by atoms with Crippen LogP contribution in [0.2, 0.25) is 0 Å². The van der Waals surface area contributed by atoms with Crippen molar-refractivity contribution in [2.24, 2.45) is 5.73 Å². The third kappa shape index (κ3) is 4.90. The number of rotatable bonds is 6. The molecule has 0 aromatic heterocycles. The molecule has 1 unspecified atom stereocenters. The first-order valence-electron chi connectivity index (χ1n) is 3.78. The highest BCUT2D eigenvalue weighted by Gasteiger charge is 2.27. The number of nitrogens with two attached hydrogens (primary N) is 1. The molecule has 0 rings (SSSR count). The number of carboxylic acids is 1. The van der Waals surface area contributed by atoms with Gasteiger partial charge in [0.25, 0.3) is 0 Å². The Balaban J connectivity index is 3.54. The minimum absolute atomic E-state index is 0.778. The molecule has 12 heavy (non-hydrogen) atoms. The van der Waals surface area contributed by atoms with Gasteiger partial charge in [0.05, 0.1) is 0 Å². The van der Waals surface area contributed by atoms with Crippen LogP contribution in [-0.2, 0) is 4.79 Å². The molecule has 3 N–H and O–H groups in total. The number of unbranched alkanes of at least 4 members (excludes halogenated alkanes) is 1. The largest absolute Gasteiger partial charge is 0.479 e. The fourth-order valence-corrected chi connectivity index (χ4v) is 1.68. The average molecular weight is 209 g/mol. The highest BCUT2D eigenvalue weighted by molar-refractivity contribution is 8.01. The monoisotopic (exact) mass is 209 g/mol. The molecule has 5 heteroatoms. The molecule has 0 heterocycles. The number of aliphatic carboxylic acids is 1. The maximum Gasteiger partial charge on any atom is 0.333 e. The number of hydrogen-bond acceptors (Lipinski definition) is 4. The first-order chi connectivity index (χ1) is 5.50. The van der Waals surface area contributed by atoms with Crippen molar-refractivity contribution >= 4 is 30.4 Å². The summed E-state index contributed by atoms with van der Waals surface area (Å²) in [5, 5.41) is 8.64. The average Bonchev–Trinajstić information content (AvgIpc) is 1.98. The molecular formula is C7H15NO2S2. The van der Waals surface area contributed by atoms with Crippen molar-refractivity contribution in [3.63, 3.8) is 0 Å². The quantitative estimate of drug-likeness (QED) is 0.349. The Labute approximate surface area is 82.5 Å². The maximum atomic E-state index is 10.5. The number of thiol groups is 1. The second kappa shape index (κ2) is 5.72. The van der Waals surface area contributed by atoms with Crippen LogP contribution in [0.1, 0.15) is 19.8 Å². The summed E-state index contributed by atoms with van der Waals surface area (Å²) >= 11 is 5.32. The van der Waals surface area contributed by atoms with E-state index >= 15 is 0 Å². The van der Waals surface area contributed by atoms with Gasteiger partial charge in [0.15, 0.2) is 4.87 Å². The van der Waals surface area contributed by atoms with Gasteiger partial charge in [-0.3, -0.25) is 0 Å². The summed E-state index contributed by atoms with van der Waals surface area (Å²) in [6.45, 7) is 1.51. The molecule has 0 aliphatic heterocycles. The van der Waals surface area contributed by atoms with E-state index in [4.69, 9.17) is 10.8 Å². The minimum Gasteiger partial charge on any atom is -0.479 e. The maximum absolute atomic E-state index is 10.5. The summed E-state index contributed by atoms with van der Waals surface area (Å²) < 4.78 is 0. The van der Waals surface area contributed by atoms with Crippen LogP contribution in [-0.4, -0.2) is 27.5 Å². The minimum atomic E-state index is -1.14. The summed E-state index contributed by atoms with van der Waals surface area (Å²) in [6.07, 6.45) is 1.97. The van der Waals surface area contributed by atoms with Crippen molar-refractivity contribution in [3.8, 4) is 0 Å². The van der Waals surface area contributed by atoms with E-state index in [9.17, 15) is 4.79 Å². The van der Waals surface area contributed by atoms with E-state index in [-0.39, 0.29) is 0 Å². The van der Waals surface area contributed by atoms with Gasteiger partial charge in [0.1, 0.15) is 0 Å². The number of carboxylic acid groups (broad SMARTS) is 1. The molecule has 0 saturated carbocycles. The summed E-state index contributed by atoms with van der Waals surface area (Å²) in [5.41, 5.74) is 5.49. The van der Waals surface area contributed by atoms with Gasteiger partial charge in [-0.05, 0) is 31.3 Å². The van der Waals surface area contributed by atoms with Crippen molar-refractivity contribution in [2.75, 3.05) is 11.5 Å². The molecule has 0 aromatic rings. The molecular weight excluding hydrogens is 194 g/mol. The van der Waals surface area contributed by atoms with Gasteiger partial charge in [0, 0.05) is 0 Å². The van der Waals surface area contributed by atoms with Crippen LogP contribution >= 0.6 is 24.4 Å².